The van der Waals surface area contributed by atoms with E-state index in [9.17, 15) is 41.9 Å². The Bertz CT molecular complexity index is 2410. The first kappa shape index (κ1) is 39.4. The van der Waals surface area contributed by atoms with E-state index in [1.807, 2.05) is 10.9 Å². The molecule has 16 nitrogen and oxygen atoms in total. The van der Waals surface area contributed by atoms with Crippen LogP contribution in [0.25, 0.3) is 10.9 Å². The highest BCUT2D eigenvalue weighted by Gasteiger charge is 2.45. The Balaban J connectivity index is 0.845. The molecule has 0 aliphatic carbocycles. The summed E-state index contributed by atoms with van der Waals surface area (Å²) in [6.07, 6.45) is -1.54. The van der Waals surface area contributed by atoms with E-state index in [1.54, 1.807) is 21.9 Å². The third-order valence-electron chi connectivity index (χ3n) is 11.1. The van der Waals surface area contributed by atoms with Gasteiger partial charge in [0.25, 0.3) is 17.7 Å². The largest absolute Gasteiger partial charge is 0.494 e. The first-order chi connectivity index (χ1) is 28.2. The second kappa shape index (κ2) is 15.4. The average Bonchev–Trinajstić information content (AvgIpc) is 3.73. The van der Waals surface area contributed by atoms with Gasteiger partial charge in [0.15, 0.2) is 0 Å². The molecular formula is C39H37F4N9O7. The van der Waals surface area contributed by atoms with Crippen LogP contribution in [0.15, 0.2) is 48.7 Å². The number of halogens is 4. The van der Waals surface area contributed by atoms with Gasteiger partial charge in [0.2, 0.25) is 17.7 Å². The van der Waals surface area contributed by atoms with Crippen LogP contribution in [0.2, 0.25) is 0 Å². The van der Waals surface area contributed by atoms with Gasteiger partial charge in [-0.3, -0.25) is 48.6 Å². The number of methoxy groups -OCH3 is 1. The summed E-state index contributed by atoms with van der Waals surface area (Å²) in [5, 5.41) is 10.1. The molecule has 59 heavy (non-hydrogen) atoms. The van der Waals surface area contributed by atoms with E-state index in [0.29, 0.717) is 49.9 Å². The number of likely N-dealkylation sites (tertiary alicyclic amines) is 1. The number of benzene rings is 2. The molecule has 2 aromatic heterocycles. The SMILES string of the molecule is COc1cc2nn(C3CCN(CC(=O)N4CCN(c5cc6c(cc5F)C(=O)N(C5CCC(=O)NC5=O)C6=O)CC4)CC3)cc2cc1NC(=O)c1cccc(C(F)(F)F)n1. The van der Waals surface area contributed by atoms with Crippen molar-refractivity contribution in [3.8, 4) is 5.75 Å². The maximum Gasteiger partial charge on any atom is 0.433 e. The van der Waals surface area contributed by atoms with Gasteiger partial charge in [0, 0.05) is 63.3 Å². The van der Waals surface area contributed by atoms with Crippen LogP contribution in [-0.4, -0.2) is 124 Å². The van der Waals surface area contributed by atoms with Gasteiger partial charge in [-0.25, -0.2) is 9.37 Å². The number of fused-ring (bicyclic) bond motifs is 2. The molecule has 1 atom stereocenters. The molecule has 6 amide bonds. The van der Waals surface area contributed by atoms with Crippen molar-refractivity contribution in [2.45, 2.75) is 43.9 Å². The molecular weight excluding hydrogens is 782 g/mol. The Labute approximate surface area is 333 Å². The van der Waals surface area contributed by atoms with E-state index in [-0.39, 0.29) is 72.7 Å². The molecule has 308 valence electrons. The average molecular weight is 820 g/mol. The van der Waals surface area contributed by atoms with Crippen LogP contribution in [-0.2, 0) is 20.6 Å². The van der Waals surface area contributed by atoms with Crippen LogP contribution in [0.1, 0.15) is 68.6 Å². The van der Waals surface area contributed by atoms with Crippen LogP contribution in [0.4, 0.5) is 28.9 Å². The van der Waals surface area contributed by atoms with Crippen molar-refractivity contribution < 1.29 is 51.1 Å². The van der Waals surface area contributed by atoms with Gasteiger partial charge < -0.3 is 19.9 Å². The second-order valence-corrected chi connectivity index (χ2v) is 14.8. The summed E-state index contributed by atoms with van der Waals surface area (Å²) < 4.78 is 62.1. The molecule has 0 bridgehead atoms. The molecule has 8 rings (SSSR count). The molecule has 0 radical (unpaired) electrons. The molecule has 3 saturated heterocycles. The summed E-state index contributed by atoms with van der Waals surface area (Å²) in [6, 6.07) is 7.51. The number of carbonyl (C=O) groups is 6. The summed E-state index contributed by atoms with van der Waals surface area (Å²) >= 11 is 0. The second-order valence-electron chi connectivity index (χ2n) is 14.8. The van der Waals surface area contributed by atoms with Crippen LogP contribution in [0.3, 0.4) is 0 Å². The standard InChI is InChI=1S/C39H37F4N9O7/c1-59-31-18-27-21(15-28(31)45-35(55)26-3-2-4-32(44-26)39(41,42)43)19-51(47-27)22-7-9-48(10-8-22)20-34(54)50-13-11-49(12-14-50)30-17-24-23(16-25(30)40)37(57)52(38(24)58)29-5-6-33(53)46-36(29)56/h2-4,15-19,22,29H,5-14,20H2,1H3,(H,45,55)(H,46,53,56). The van der Waals surface area contributed by atoms with Crippen LogP contribution < -0.4 is 20.3 Å². The van der Waals surface area contributed by atoms with Crippen LogP contribution in [0, 0.1) is 5.82 Å². The predicted octanol–water partition coefficient (Wildman–Crippen LogP) is 3.24. The first-order valence-corrected chi connectivity index (χ1v) is 18.9. The molecule has 2 aromatic carbocycles. The monoisotopic (exact) mass is 819 g/mol. The number of ether oxygens (including phenoxy) is 1. The molecule has 20 heteroatoms. The van der Waals surface area contributed by atoms with Crippen molar-refractivity contribution in [2.75, 3.05) is 63.1 Å². The molecule has 2 N–H and O–H groups in total. The molecule has 4 aliphatic rings. The number of nitrogens with one attached hydrogen (secondary N) is 2. The summed E-state index contributed by atoms with van der Waals surface area (Å²) in [5.41, 5.74) is -0.823. The zero-order valence-corrected chi connectivity index (χ0v) is 31.6. The lowest BCUT2D eigenvalue weighted by Gasteiger charge is -2.38. The predicted molar refractivity (Wildman–Crippen MR) is 200 cm³/mol. The summed E-state index contributed by atoms with van der Waals surface area (Å²) in [6.45, 7) is 2.61. The fourth-order valence-corrected chi connectivity index (χ4v) is 7.98. The van der Waals surface area contributed by atoms with Crippen molar-refractivity contribution in [2.24, 2.45) is 0 Å². The lowest BCUT2D eigenvalue weighted by molar-refractivity contribution is -0.141. The molecule has 6 heterocycles. The topological polar surface area (TPSA) is 179 Å². The summed E-state index contributed by atoms with van der Waals surface area (Å²) in [7, 11) is 1.40. The number of amides is 6. The lowest BCUT2D eigenvalue weighted by Crippen LogP contribution is -2.54. The number of imide groups is 2. The first-order valence-electron chi connectivity index (χ1n) is 18.9. The highest BCUT2D eigenvalue weighted by molar-refractivity contribution is 6.23. The minimum Gasteiger partial charge on any atom is -0.494 e. The molecule has 0 saturated carbocycles. The molecule has 3 fully saturated rings. The minimum absolute atomic E-state index is 0.0103. The minimum atomic E-state index is -4.71. The summed E-state index contributed by atoms with van der Waals surface area (Å²) in [5.74, 6) is -4.13. The number of piperazine rings is 1. The zero-order valence-electron chi connectivity index (χ0n) is 31.6. The Morgan fingerprint density at radius 1 is 0.932 bits per heavy atom. The number of nitrogens with zero attached hydrogens (tertiary/aromatic N) is 7. The number of hydrogen-bond acceptors (Lipinski definition) is 11. The van der Waals surface area contributed by atoms with Gasteiger partial charge in [-0.05, 0) is 49.6 Å². The Morgan fingerprint density at radius 2 is 1.64 bits per heavy atom. The lowest BCUT2D eigenvalue weighted by atomic mass is 10.0. The Hall–Kier alpha value is -6.44. The molecule has 4 aromatic rings. The fraction of sp³-hybridized carbons (Fsp3) is 0.385. The quantitative estimate of drug-likeness (QED) is 0.197. The van der Waals surface area contributed by atoms with E-state index < -0.39 is 59.0 Å². The van der Waals surface area contributed by atoms with Crippen molar-refractivity contribution in [1.29, 1.82) is 0 Å². The van der Waals surface area contributed by atoms with Gasteiger partial charge in [-0.15, -0.1) is 0 Å². The van der Waals surface area contributed by atoms with E-state index in [4.69, 9.17) is 9.84 Å². The maximum atomic E-state index is 15.4. The Kier molecular flexibility index (Phi) is 10.3. The number of rotatable bonds is 8. The number of piperidine rings is 2. The number of hydrogen-bond donors (Lipinski definition) is 2. The van der Waals surface area contributed by atoms with Crippen molar-refractivity contribution >= 4 is 57.7 Å². The Morgan fingerprint density at radius 3 is 2.32 bits per heavy atom. The third kappa shape index (κ3) is 7.66. The van der Waals surface area contributed by atoms with E-state index in [1.165, 1.54) is 19.2 Å². The van der Waals surface area contributed by atoms with Gasteiger partial charge in [0.05, 0.1) is 47.7 Å². The number of pyridine rings is 1. The van der Waals surface area contributed by atoms with Gasteiger partial charge in [0.1, 0.15) is 29.0 Å². The normalized spacial score (nSPS) is 19.3. The molecule has 4 aliphatic heterocycles. The molecule has 0 spiro atoms. The number of carbonyl (C=O) groups excluding carboxylic acids is 6. The highest BCUT2D eigenvalue weighted by atomic mass is 19.4. The van der Waals surface area contributed by atoms with Crippen LogP contribution in [0.5, 0.6) is 5.75 Å². The van der Waals surface area contributed by atoms with E-state index in [0.717, 1.165) is 23.1 Å². The maximum absolute atomic E-state index is 15.4. The van der Waals surface area contributed by atoms with Gasteiger partial charge >= 0.3 is 6.18 Å². The number of anilines is 2. The van der Waals surface area contributed by atoms with E-state index in [2.05, 4.69) is 20.5 Å². The smallest absolute Gasteiger partial charge is 0.433 e. The van der Waals surface area contributed by atoms with Gasteiger partial charge in [-0.1, -0.05) is 6.07 Å². The van der Waals surface area contributed by atoms with Crippen molar-refractivity contribution in [3.05, 3.63) is 77.0 Å². The van der Waals surface area contributed by atoms with Crippen molar-refractivity contribution in [3.63, 3.8) is 0 Å². The molecule has 1 unspecified atom stereocenters. The zero-order chi connectivity index (χ0) is 41.7. The fourth-order valence-electron chi connectivity index (χ4n) is 7.98. The number of alkyl halides is 3. The third-order valence-corrected chi connectivity index (χ3v) is 11.1. The van der Waals surface area contributed by atoms with Crippen LogP contribution >= 0.6 is 0 Å². The summed E-state index contributed by atoms with van der Waals surface area (Å²) in [4.78, 5) is 86.3. The van der Waals surface area contributed by atoms with Crippen molar-refractivity contribution in [1.82, 2.24) is 34.8 Å². The highest BCUT2D eigenvalue weighted by Crippen LogP contribution is 2.35. The number of aromatic nitrogens is 3. The van der Waals surface area contributed by atoms with E-state index >= 15 is 4.39 Å². The van der Waals surface area contributed by atoms with Gasteiger partial charge in [-0.2, -0.15) is 18.3 Å².